The van der Waals surface area contributed by atoms with Gasteiger partial charge < -0.3 is 19.3 Å². The predicted octanol–water partition coefficient (Wildman–Crippen LogP) is 1.43. The number of aryl methyl sites for hydroxylation is 1. The second kappa shape index (κ2) is 10.6. The summed E-state index contributed by atoms with van der Waals surface area (Å²) in [7, 11) is 0. The lowest BCUT2D eigenvalue weighted by Gasteiger charge is -2.22. The highest BCUT2D eigenvalue weighted by atomic mass is 16.5. The molecular formula is C22H29N2O2+. The number of nitrogens with one attached hydrogen (secondary N) is 1. The highest BCUT2D eigenvalue weighted by Gasteiger charge is 2.16. The van der Waals surface area contributed by atoms with Crippen molar-refractivity contribution in [1.29, 1.82) is 0 Å². The topological polar surface area (TPSA) is 38.8 Å². The van der Waals surface area contributed by atoms with Crippen LogP contribution in [0.4, 0.5) is 0 Å². The largest absolute Gasteiger partial charge is 0.385 e. The van der Waals surface area contributed by atoms with Gasteiger partial charge in [-0.25, -0.2) is 0 Å². The van der Waals surface area contributed by atoms with E-state index in [0.29, 0.717) is 6.54 Å². The minimum atomic E-state index is -0.543. The van der Waals surface area contributed by atoms with Crippen LogP contribution in [0, 0.1) is 19.3 Å². The van der Waals surface area contributed by atoms with Crippen LogP contribution in [0.15, 0.2) is 55.3 Å². The van der Waals surface area contributed by atoms with E-state index in [-0.39, 0.29) is 13.2 Å². The lowest BCUT2D eigenvalue weighted by atomic mass is 10.1. The zero-order chi connectivity index (χ0) is 18.8. The summed E-state index contributed by atoms with van der Waals surface area (Å²) in [5.41, 5.74) is 3.85. The average molecular weight is 353 g/mol. The Bertz CT molecular complexity index is 730. The van der Waals surface area contributed by atoms with Gasteiger partial charge in [-0.15, -0.1) is 6.42 Å². The van der Waals surface area contributed by atoms with Crippen molar-refractivity contribution in [1.82, 2.24) is 4.57 Å². The van der Waals surface area contributed by atoms with Crippen LogP contribution in [0.1, 0.15) is 16.8 Å². The maximum Gasteiger partial charge on any atom is 0.126 e. The van der Waals surface area contributed by atoms with Crippen LogP contribution in [-0.4, -0.2) is 42.1 Å². The van der Waals surface area contributed by atoms with Crippen LogP contribution in [0.25, 0.3) is 0 Å². The van der Waals surface area contributed by atoms with Gasteiger partial charge in [-0.05, 0) is 36.3 Å². The Labute approximate surface area is 156 Å². The van der Waals surface area contributed by atoms with Crippen molar-refractivity contribution >= 4 is 0 Å². The first kappa shape index (κ1) is 20.0. The van der Waals surface area contributed by atoms with Gasteiger partial charge in [0, 0.05) is 12.7 Å². The van der Waals surface area contributed by atoms with E-state index in [2.05, 4.69) is 66.6 Å². The summed E-state index contributed by atoms with van der Waals surface area (Å²) in [5.74, 6) is 2.41. The standard InChI is InChI=1S/C22H28N2O2/c1-4-12-23(17-22(25)18-26-14-5-2)16-21-11-8-13-24(21)15-20-10-7-6-9-19(20)3/h2,4,6-11,13,22,25H,1,12,14-18H2,3H3/p+1/t22-/m1/s1. The Balaban J connectivity index is 2.01. The van der Waals surface area contributed by atoms with Crippen molar-refractivity contribution in [2.45, 2.75) is 26.1 Å². The average Bonchev–Trinajstić information content (AvgIpc) is 3.04. The summed E-state index contributed by atoms with van der Waals surface area (Å²) in [6, 6.07) is 12.7. The van der Waals surface area contributed by atoms with Crippen molar-refractivity contribution in [2.24, 2.45) is 0 Å². The van der Waals surface area contributed by atoms with Gasteiger partial charge in [-0.1, -0.05) is 36.8 Å². The van der Waals surface area contributed by atoms with Crippen LogP contribution in [0.2, 0.25) is 0 Å². The Kier molecular flexibility index (Phi) is 8.17. The maximum absolute atomic E-state index is 10.2. The molecule has 0 amide bonds. The molecule has 138 valence electrons. The zero-order valence-corrected chi connectivity index (χ0v) is 15.5. The molecular weight excluding hydrogens is 324 g/mol. The molecule has 4 heteroatoms. The highest BCUT2D eigenvalue weighted by molar-refractivity contribution is 5.26. The first-order chi connectivity index (χ1) is 12.6. The fourth-order valence-corrected chi connectivity index (χ4v) is 3.07. The number of rotatable bonds is 11. The summed E-state index contributed by atoms with van der Waals surface area (Å²) >= 11 is 0. The molecule has 0 spiro atoms. The molecule has 0 aliphatic carbocycles. The molecule has 0 radical (unpaired) electrons. The molecule has 2 aromatic rings. The molecule has 0 fully saturated rings. The van der Waals surface area contributed by atoms with Gasteiger partial charge >= 0.3 is 0 Å². The highest BCUT2D eigenvalue weighted by Crippen LogP contribution is 2.11. The van der Waals surface area contributed by atoms with Gasteiger partial charge in [-0.3, -0.25) is 0 Å². The van der Waals surface area contributed by atoms with E-state index in [1.807, 2.05) is 6.08 Å². The van der Waals surface area contributed by atoms with E-state index in [0.717, 1.165) is 19.6 Å². The monoisotopic (exact) mass is 353 g/mol. The number of aliphatic hydroxyl groups excluding tert-OH is 1. The fourth-order valence-electron chi connectivity index (χ4n) is 3.07. The molecule has 0 saturated heterocycles. The SMILES string of the molecule is C#CCOC[C@H](O)C[NH+](CC=C)Cc1cccn1Cc1ccccc1C. The van der Waals surface area contributed by atoms with Crippen molar-refractivity contribution in [3.05, 3.63) is 72.1 Å². The molecule has 2 atom stereocenters. The van der Waals surface area contributed by atoms with Gasteiger partial charge in [0.1, 0.15) is 25.8 Å². The lowest BCUT2D eigenvalue weighted by Crippen LogP contribution is -3.11. The molecule has 1 heterocycles. The fraction of sp³-hybridized carbons (Fsp3) is 0.364. The number of hydrogen-bond acceptors (Lipinski definition) is 2. The molecule has 1 unspecified atom stereocenters. The Morgan fingerprint density at radius 2 is 2.15 bits per heavy atom. The third kappa shape index (κ3) is 6.20. The van der Waals surface area contributed by atoms with E-state index < -0.39 is 6.10 Å². The first-order valence-electron chi connectivity index (χ1n) is 8.96. The molecule has 4 nitrogen and oxygen atoms in total. The van der Waals surface area contributed by atoms with E-state index >= 15 is 0 Å². The summed E-state index contributed by atoms with van der Waals surface area (Å²) in [5, 5.41) is 10.2. The third-order valence-electron chi connectivity index (χ3n) is 4.41. The van der Waals surface area contributed by atoms with Crippen molar-refractivity contribution in [3.63, 3.8) is 0 Å². The molecule has 1 aromatic heterocycles. The molecule has 26 heavy (non-hydrogen) atoms. The first-order valence-corrected chi connectivity index (χ1v) is 8.96. The van der Waals surface area contributed by atoms with E-state index in [4.69, 9.17) is 11.2 Å². The van der Waals surface area contributed by atoms with Crippen LogP contribution in [0.3, 0.4) is 0 Å². The van der Waals surface area contributed by atoms with Gasteiger partial charge in [0.15, 0.2) is 0 Å². The Morgan fingerprint density at radius 3 is 2.88 bits per heavy atom. The van der Waals surface area contributed by atoms with Crippen molar-refractivity contribution < 1.29 is 14.7 Å². The van der Waals surface area contributed by atoms with Gasteiger partial charge in [0.2, 0.25) is 0 Å². The van der Waals surface area contributed by atoms with Crippen molar-refractivity contribution in [3.8, 4) is 12.3 Å². The second-order valence-electron chi connectivity index (χ2n) is 6.55. The summed E-state index contributed by atoms with van der Waals surface area (Å²) < 4.78 is 7.51. The minimum Gasteiger partial charge on any atom is -0.385 e. The number of aromatic nitrogens is 1. The molecule has 0 bridgehead atoms. The quantitative estimate of drug-likeness (QED) is 0.364. The normalized spacial score (nSPS) is 13.1. The van der Waals surface area contributed by atoms with Gasteiger partial charge in [-0.2, -0.15) is 0 Å². The second-order valence-corrected chi connectivity index (χ2v) is 6.55. The number of quaternary nitrogens is 1. The summed E-state index contributed by atoms with van der Waals surface area (Å²) in [6.07, 6.45) is 8.62. The van der Waals surface area contributed by atoms with Crippen LogP contribution in [0.5, 0.6) is 0 Å². The molecule has 0 aliphatic heterocycles. The number of aliphatic hydroxyl groups is 1. The summed E-state index contributed by atoms with van der Waals surface area (Å²) in [6.45, 7) is 9.51. The smallest absolute Gasteiger partial charge is 0.126 e. The third-order valence-corrected chi connectivity index (χ3v) is 4.41. The Morgan fingerprint density at radius 1 is 1.35 bits per heavy atom. The number of nitrogens with zero attached hydrogens (tertiary/aromatic N) is 1. The van der Waals surface area contributed by atoms with Crippen molar-refractivity contribution in [2.75, 3.05) is 26.3 Å². The summed E-state index contributed by atoms with van der Waals surface area (Å²) in [4.78, 5) is 1.24. The molecule has 0 saturated carbocycles. The van der Waals surface area contributed by atoms with E-state index in [9.17, 15) is 5.11 Å². The van der Waals surface area contributed by atoms with E-state index in [1.165, 1.54) is 21.7 Å². The Hall–Kier alpha value is -2.32. The van der Waals surface area contributed by atoms with Gasteiger partial charge in [0.25, 0.3) is 0 Å². The van der Waals surface area contributed by atoms with Crippen LogP contribution >= 0.6 is 0 Å². The number of benzene rings is 1. The minimum absolute atomic E-state index is 0.229. The number of terminal acetylenes is 1. The van der Waals surface area contributed by atoms with Crippen LogP contribution in [-0.2, 0) is 17.8 Å². The zero-order valence-electron chi connectivity index (χ0n) is 15.5. The molecule has 2 rings (SSSR count). The lowest BCUT2D eigenvalue weighted by molar-refractivity contribution is -0.911. The van der Waals surface area contributed by atoms with E-state index in [1.54, 1.807) is 0 Å². The predicted molar refractivity (Wildman–Crippen MR) is 105 cm³/mol. The molecule has 1 aromatic carbocycles. The molecule has 0 aliphatic rings. The number of ether oxygens (including phenoxy) is 1. The number of hydrogen-bond donors (Lipinski definition) is 2. The maximum atomic E-state index is 10.2. The van der Waals surface area contributed by atoms with Crippen LogP contribution < -0.4 is 4.90 Å². The molecule has 2 N–H and O–H groups in total. The van der Waals surface area contributed by atoms with Gasteiger partial charge in [0.05, 0.1) is 18.8 Å².